The van der Waals surface area contributed by atoms with Gasteiger partial charge in [0.25, 0.3) is 0 Å². The highest BCUT2D eigenvalue weighted by Crippen LogP contribution is 2.28. The standard InChI is InChI=1S/C9H5Br2FN2/c10-7-2-1-5(12)3-6(7)8-4-9(11)14-13-8/h1-4H,(H,13,14). The molecule has 0 bridgehead atoms. The number of nitrogens with zero attached hydrogens (tertiary/aromatic N) is 1. The van der Waals surface area contributed by atoms with Gasteiger partial charge in [-0.05, 0) is 40.2 Å². The van der Waals surface area contributed by atoms with Crippen LogP contribution >= 0.6 is 31.9 Å². The van der Waals surface area contributed by atoms with Crippen molar-refractivity contribution in [3.05, 3.63) is 39.2 Å². The van der Waals surface area contributed by atoms with Gasteiger partial charge in [-0.15, -0.1) is 0 Å². The van der Waals surface area contributed by atoms with Crippen LogP contribution in [0.3, 0.4) is 0 Å². The van der Waals surface area contributed by atoms with Crippen LogP contribution in [0.25, 0.3) is 11.3 Å². The Labute approximate surface area is 96.8 Å². The summed E-state index contributed by atoms with van der Waals surface area (Å²) in [4.78, 5) is 0. The fraction of sp³-hybridized carbons (Fsp3) is 0. The Hall–Kier alpha value is -0.680. The topological polar surface area (TPSA) is 28.7 Å². The molecule has 0 fully saturated rings. The summed E-state index contributed by atoms with van der Waals surface area (Å²) >= 11 is 6.59. The Morgan fingerprint density at radius 3 is 2.64 bits per heavy atom. The summed E-state index contributed by atoms with van der Waals surface area (Å²) in [5.74, 6) is -0.276. The molecule has 0 atom stereocenters. The maximum absolute atomic E-state index is 13.0. The SMILES string of the molecule is Fc1ccc(Br)c(-c2cc(Br)[nH]n2)c1. The minimum atomic E-state index is -0.276. The number of nitrogens with one attached hydrogen (secondary N) is 1. The number of aromatic nitrogens is 2. The van der Waals surface area contributed by atoms with Crippen LogP contribution in [0.15, 0.2) is 33.3 Å². The summed E-state index contributed by atoms with van der Waals surface area (Å²) in [5, 5.41) is 6.76. The molecule has 1 N–H and O–H groups in total. The average Bonchev–Trinajstić information content (AvgIpc) is 2.56. The second-order valence-corrected chi connectivity index (χ2v) is 4.43. The lowest BCUT2D eigenvalue weighted by Gasteiger charge is -1.99. The number of hydrogen-bond acceptors (Lipinski definition) is 1. The first-order valence-corrected chi connectivity index (χ1v) is 5.42. The fourth-order valence-corrected chi connectivity index (χ4v) is 1.89. The van der Waals surface area contributed by atoms with Crippen molar-refractivity contribution in [2.24, 2.45) is 0 Å². The van der Waals surface area contributed by atoms with E-state index < -0.39 is 0 Å². The fourth-order valence-electron chi connectivity index (χ4n) is 1.13. The Bertz CT molecular complexity index is 468. The van der Waals surface area contributed by atoms with E-state index in [1.54, 1.807) is 12.1 Å². The molecule has 1 aromatic carbocycles. The highest BCUT2D eigenvalue weighted by molar-refractivity contribution is 9.10. The van der Waals surface area contributed by atoms with E-state index in [9.17, 15) is 4.39 Å². The number of rotatable bonds is 1. The number of aromatic amines is 1. The second-order valence-electron chi connectivity index (χ2n) is 2.73. The van der Waals surface area contributed by atoms with Crippen LogP contribution in [0.4, 0.5) is 4.39 Å². The lowest BCUT2D eigenvalue weighted by molar-refractivity contribution is 0.628. The Morgan fingerprint density at radius 1 is 1.21 bits per heavy atom. The van der Waals surface area contributed by atoms with Crippen LogP contribution in [0.5, 0.6) is 0 Å². The van der Waals surface area contributed by atoms with Crippen LogP contribution in [0.2, 0.25) is 0 Å². The smallest absolute Gasteiger partial charge is 0.123 e. The van der Waals surface area contributed by atoms with E-state index in [4.69, 9.17) is 0 Å². The Kier molecular flexibility index (Phi) is 2.69. The molecule has 0 saturated carbocycles. The van der Waals surface area contributed by atoms with Crippen molar-refractivity contribution in [2.45, 2.75) is 0 Å². The molecule has 0 aliphatic heterocycles. The molecule has 2 rings (SSSR count). The van der Waals surface area contributed by atoms with Gasteiger partial charge in [-0.2, -0.15) is 5.10 Å². The molecular weight excluding hydrogens is 315 g/mol. The molecule has 0 saturated heterocycles. The third kappa shape index (κ3) is 1.88. The summed E-state index contributed by atoms with van der Waals surface area (Å²) < 4.78 is 14.6. The van der Waals surface area contributed by atoms with Gasteiger partial charge in [0.05, 0.1) is 5.69 Å². The summed E-state index contributed by atoms with van der Waals surface area (Å²) in [5.41, 5.74) is 1.43. The monoisotopic (exact) mass is 318 g/mol. The van der Waals surface area contributed by atoms with Gasteiger partial charge >= 0.3 is 0 Å². The molecule has 72 valence electrons. The van der Waals surface area contributed by atoms with Crippen molar-refractivity contribution >= 4 is 31.9 Å². The largest absolute Gasteiger partial charge is 0.271 e. The maximum atomic E-state index is 13.0. The first kappa shape index (κ1) is 9.86. The Balaban J connectivity index is 2.55. The highest BCUT2D eigenvalue weighted by Gasteiger charge is 2.07. The zero-order valence-corrected chi connectivity index (χ0v) is 10.1. The summed E-state index contributed by atoms with van der Waals surface area (Å²) in [6.45, 7) is 0. The molecule has 0 aliphatic rings. The molecular formula is C9H5Br2FN2. The molecule has 14 heavy (non-hydrogen) atoms. The summed E-state index contributed by atoms with van der Waals surface area (Å²) in [7, 11) is 0. The van der Waals surface area contributed by atoms with Crippen LogP contribution in [0, 0.1) is 5.82 Å². The van der Waals surface area contributed by atoms with E-state index in [0.29, 0.717) is 5.69 Å². The van der Waals surface area contributed by atoms with Crippen molar-refractivity contribution in [3.63, 3.8) is 0 Å². The molecule has 5 heteroatoms. The van der Waals surface area contributed by atoms with Crippen molar-refractivity contribution < 1.29 is 4.39 Å². The average molecular weight is 320 g/mol. The minimum absolute atomic E-state index is 0.276. The molecule has 0 unspecified atom stereocenters. The first-order valence-electron chi connectivity index (χ1n) is 3.83. The van der Waals surface area contributed by atoms with Crippen molar-refractivity contribution in [2.75, 3.05) is 0 Å². The number of H-pyrrole nitrogens is 1. The van der Waals surface area contributed by atoms with E-state index in [0.717, 1.165) is 14.6 Å². The maximum Gasteiger partial charge on any atom is 0.123 e. The predicted molar refractivity (Wildman–Crippen MR) is 59.4 cm³/mol. The zero-order chi connectivity index (χ0) is 10.1. The van der Waals surface area contributed by atoms with E-state index >= 15 is 0 Å². The van der Waals surface area contributed by atoms with Crippen LogP contribution in [0.1, 0.15) is 0 Å². The number of benzene rings is 1. The first-order chi connectivity index (χ1) is 6.66. The molecule has 0 amide bonds. The molecule has 2 nitrogen and oxygen atoms in total. The van der Waals surface area contributed by atoms with Crippen molar-refractivity contribution in [1.29, 1.82) is 0 Å². The van der Waals surface area contributed by atoms with E-state index in [1.165, 1.54) is 12.1 Å². The van der Waals surface area contributed by atoms with Crippen LogP contribution < -0.4 is 0 Å². The molecule has 0 spiro atoms. The van der Waals surface area contributed by atoms with Crippen molar-refractivity contribution in [3.8, 4) is 11.3 Å². The van der Waals surface area contributed by atoms with Gasteiger partial charge in [-0.3, -0.25) is 5.10 Å². The van der Waals surface area contributed by atoms with Gasteiger partial charge in [-0.25, -0.2) is 4.39 Å². The summed E-state index contributed by atoms with van der Waals surface area (Å²) in [6.07, 6.45) is 0. The third-order valence-electron chi connectivity index (χ3n) is 1.75. The van der Waals surface area contributed by atoms with Crippen LogP contribution in [-0.2, 0) is 0 Å². The molecule has 2 aromatic rings. The minimum Gasteiger partial charge on any atom is -0.271 e. The van der Waals surface area contributed by atoms with Gasteiger partial charge in [0.1, 0.15) is 10.4 Å². The Morgan fingerprint density at radius 2 is 2.00 bits per heavy atom. The van der Waals surface area contributed by atoms with Crippen molar-refractivity contribution in [1.82, 2.24) is 10.2 Å². The molecule has 1 heterocycles. The van der Waals surface area contributed by atoms with Gasteiger partial charge in [-0.1, -0.05) is 15.9 Å². The molecule has 0 aliphatic carbocycles. The highest BCUT2D eigenvalue weighted by atomic mass is 79.9. The van der Waals surface area contributed by atoms with Gasteiger partial charge < -0.3 is 0 Å². The van der Waals surface area contributed by atoms with Crippen LogP contribution in [-0.4, -0.2) is 10.2 Å². The lowest BCUT2D eigenvalue weighted by Crippen LogP contribution is -1.82. The zero-order valence-electron chi connectivity index (χ0n) is 6.89. The lowest BCUT2D eigenvalue weighted by atomic mass is 10.1. The van der Waals surface area contributed by atoms with Gasteiger partial charge in [0, 0.05) is 10.0 Å². The molecule has 1 aromatic heterocycles. The van der Waals surface area contributed by atoms with E-state index in [-0.39, 0.29) is 5.82 Å². The quantitative estimate of drug-likeness (QED) is 0.852. The third-order valence-corrected chi connectivity index (χ3v) is 2.85. The summed E-state index contributed by atoms with van der Waals surface area (Å²) in [6, 6.07) is 6.29. The van der Waals surface area contributed by atoms with E-state index in [1.807, 2.05) is 0 Å². The van der Waals surface area contributed by atoms with Gasteiger partial charge in [0.2, 0.25) is 0 Å². The van der Waals surface area contributed by atoms with E-state index in [2.05, 4.69) is 42.1 Å². The van der Waals surface area contributed by atoms with Gasteiger partial charge in [0.15, 0.2) is 0 Å². The number of halogens is 3. The normalized spacial score (nSPS) is 10.5. The molecule has 0 radical (unpaired) electrons. The number of hydrogen-bond donors (Lipinski definition) is 1. The second kappa shape index (κ2) is 3.82. The predicted octanol–water partition coefficient (Wildman–Crippen LogP) is 3.74.